The molecule has 7 rings (SSSR count). The molecule has 0 atom stereocenters. The molecule has 36 heavy (non-hydrogen) atoms. The number of ether oxygens (including phenoxy) is 1. The minimum Gasteiger partial charge on any atom is -0.547 e. The minimum absolute atomic E-state index is 0. The van der Waals surface area contributed by atoms with Gasteiger partial charge in [0.1, 0.15) is 11.6 Å². The summed E-state index contributed by atoms with van der Waals surface area (Å²) in [5, 5.41) is 2.25. The molecule has 0 amide bonds. The van der Waals surface area contributed by atoms with E-state index in [0.717, 1.165) is 43.7 Å². The summed E-state index contributed by atoms with van der Waals surface area (Å²) < 4.78 is 14.5. The molecular weight excluding hydrogens is 646 g/mol. The van der Waals surface area contributed by atoms with Crippen LogP contribution in [0.5, 0.6) is 17.2 Å². The Morgan fingerprint density at radius 3 is 2.50 bits per heavy atom. The van der Waals surface area contributed by atoms with Crippen LogP contribution in [0.4, 0.5) is 0 Å². The Bertz CT molecular complexity index is 1680. The number of rotatable bonds is 4. The molecule has 6 aromatic rings. The van der Waals surface area contributed by atoms with Gasteiger partial charge in [-0.1, -0.05) is 41.9 Å². The monoisotopic (exact) mass is 663 g/mol. The third-order valence-corrected chi connectivity index (χ3v) is 7.17. The summed E-state index contributed by atoms with van der Waals surface area (Å²) in [6, 6.07) is 39.1. The van der Waals surface area contributed by atoms with Crippen molar-refractivity contribution in [2.24, 2.45) is 0 Å². The van der Waals surface area contributed by atoms with Crippen LogP contribution < -0.4 is 14.9 Å². The van der Waals surface area contributed by atoms with Crippen LogP contribution >= 0.6 is 11.6 Å². The summed E-state index contributed by atoms with van der Waals surface area (Å²) in [6.07, 6.45) is 1.66. The van der Waals surface area contributed by atoms with Gasteiger partial charge in [0.15, 0.2) is 0 Å². The van der Waals surface area contributed by atoms with Crippen molar-refractivity contribution in [2.45, 2.75) is 4.90 Å². The number of aromatic nitrogens is 2. The molecular formula is C29H17BN2O2PtS. The van der Waals surface area contributed by atoms with Crippen molar-refractivity contribution in [1.82, 2.24) is 9.55 Å². The molecule has 1 aliphatic heterocycles. The van der Waals surface area contributed by atoms with Gasteiger partial charge < -0.3 is 14.0 Å². The summed E-state index contributed by atoms with van der Waals surface area (Å²) in [4.78, 5) is 5.73. The molecule has 0 bridgehead atoms. The molecule has 0 radical (unpaired) electrons. The number of benzene rings is 4. The number of fused-ring (bicyclic) bond motifs is 4. The number of hydrogen-bond donors (Lipinski definition) is 0. The second kappa shape index (κ2) is 9.53. The molecule has 0 N–H and O–H groups in total. The standard InChI is InChI=1S/C29H17BN2O2S.Pt/c1-2-11-25-23(10-1)24-16-15-22(19-26(24)32(25)29-14-5-6-17-31-29)33-21-9-7-8-20(18-21)30-34-27-12-3-4-13-28(27)35-30;/h1-17H;/q-2;+2. The Balaban J connectivity index is 0.00000240. The predicted octanol–water partition coefficient (Wildman–Crippen LogP) is 6.45. The van der Waals surface area contributed by atoms with Crippen LogP contribution in [-0.4, -0.2) is 15.7 Å². The molecule has 174 valence electrons. The fraction of sp³-hybridized carbons (Fsp3) is 0. The van der Waals surface area contributed by atoms with Crippen molar-refractivity contribution >= 4 is 45.1 Å². The van der Waals surface area contributed by atoms with E-state index < -0.39 is 0 Å². The maximum absolute atomic E-state index is 6.24. The summed E-state index contributed by atoms with van der Waals surface area (Å²) >= 11 is 1.68. The summed E-state index contributed by atoms with van der Waals surface area (Å²) in [5.41, 5.74) is 2.94. The van der Waals surface area contributed by atoms with Crippen LogP contribution in [-0.2, 0) is 21.1 Å². The quantitative estimate of drug-likeness (QED) is 0.161. The first-order chi connectivity index (χ1) is 17.3. The van der Waals surface area contributed by atoms with Gasteiger partial charge in [0.05, 0.1) is 0 Å². The maximum Gasteiger partial charge on any atom is 2.00 e. The van der Waals surface area contributed by atoms with Gasteiger partial charge in [-0.2, -0.15) is 18.2 Å². The molecule has 0 saturated heterocycles. The van der Waals surface area contributed by atoms with Gasteiger partial charge >= 0.3 is 27.3 Å². The van der Waals surface area contributed by atoms with Gasteiger partial charge in [0.25, 0.3) is 0 Å². The molecule has 0 unspecified atom stereocenters. The van der Waals surface area contributed by atoms with Crippen LogP contribution in [0.25, 0.3) is 27.6 Å². The average molecular weight is 663 g/mol. The number of pyridine rings is 1. The van der Waals surface area contributed by atoms with Crippen LogP contribution in [0.1, 0.15) is 0 Å². The zero-order valence-electron chi connectivity index (χ0n) is 18.8. The second-order valence-corrected chi connectivity index (χ2v) is 9.32. The Labute approximate surface area is 227 Å². The first-order valence-electron chi connectivity index (χ1n) is 11.3. The Morgan fingerprint density at radius 2 is 1.61 bits per heavy atom. The fourth-order valence-electron chi connectivity index (χ4n) is 4.46. The van der Waals surface area contributed by atoms with E-state index in [0.29, 0.717) is 11.5 Å². The molecule has 0 aliphatic carbocycles. The molecule has 7 heteroatoms. The first-order valence-corrected chi connectivity index (χ1v) is 12.2. The zero-order chi connectivity index (χ0) is 23.2. The van der Waals surface area contributed by atoms with E-state index in [1.807, 2.05) is 66.7 Å². The van der Waals surface area contributed by atoms with Gasteiger partial charge in [-0.25, -0.2) is 4.98 Å². The molecule has 4 nitrogen and oxygen atoms in total. The predicted molar refractivity (Wildman–Crippen MR) is 141 cm³/mol. The molecule has 0 saturated carbocycles. The van der Waals surface area contributed by atoms with E-state index in [-0.39, 0.29) is 27.3 Å². The van der Waals surface area contributed by atoms with Crippen LogP contribution in [0.3, 0.4) is 0 Å². The molecule has 1 aliphatic rings. The number of hydrogen-bond acceptors (Lipinski definition) is 4. The van der Waals surface area contributed by atoms with E-state index >= 15 is 0 Å². The normalized spacial score (nSPS) is 12.3. The van der Waals surface area contributed by atoms with Crippen molar-refractivity contribution < 1.29 is 30.5 Å². The second-order valence-electron chi connectivity index (χ2n) is 8.21. The Kier molecular flexibility index (Phi) is 6.08. The third kappa shape index (κ3) is 4.01. The third-order valence-electron chi connectivity index (χ3n) is 6.02. The minimum atomic E-state index is -0.144. The first kappa shape index (κ1) is 23.0. The van der Waals surface area contributed by atoms with Gasteiger partial charge in [0.2, 0.25) is 0 Å². The van der Waals surface area contributed by atoms with E-state index in [4.69, 9.17) is 9.39 Å². The van der Waals surface area contributed by atoms with Crippen molar-refractivity contribution in [1.29, 1.82) is 0 Å². The number of para-hydroxylation sites is 2. The molecule has 4 aromatic carbocycles. The molecule has 2 aromatic heterocycles. The van der Waals surface area contributed by atoms with E-state index in [2.05, 4.69) is 52.0 Å². The van der Waals surface area contributed by atoms with Gasteiger partial charge in [0, 0.05) is 28.1 Å². The summed E-state index contributed by atoms with van der Waals surface area (Å²) in [5.74, 6) is 2.99. The largest absolute Gasteiger partial charge is 2.00 e. The fourth-order valence-corrected chi connectivity index (χ4v) is 5.50. The van der Waals surface area contributed by atoms with Gasteiger partial charge in [-0.15, -0.1) is 46.7 Å². The maximum atomic E-state index is 6.24. The van der Waals surface area contributed by atoms with Crippen molar-refractivity contribution in [2.75, 3.05) is 0 Å². The Hall–Kier alpha value is -3.47. The molecule has 0 spiro atoms. The molecule has 3 heterocycles. The van der Waals surface area contributed by atoms with Crippen LogP contribution in [0.15, 0.2) is 108 Å². The summed E-state index contributed by atoms with van der Waals surface area (Å²) in [7, 11) is 0. The van der Waals surface area contributed by atoms with Crippen molar-refractivity contribution in [3.05, 3.63) is 115 Å². The van der Waals surface area contributed by atoms with E-state index in [1.54, 1.807) is 17.8 Å². The average Bonchev–Trinajstić information content (AvgIpc) is 3.49. The van der Waals surface area contributed by atoms with Gasteiger partial charge in [-0.3, -0.25) is 0 Å². The van der Waals surface area contributed by atoms with Gasteiger partial charge in [-0.05, 0) is 35.7 Å². The number of nitrogens with zero attached hydrogens (tertiary/aromatic N) is 2. The zero-order valence-corrected chi connectivity index (χ0v) is 21.9. The van der Waals surface area contributed by atoms with E-state index in [9.17, 15) is 0 Å². The Morgan fingerprint density at radius 1 is 0.778 bits per heavy atom. The van der Waals surface area contributed by atoms with Crippen molar-refractivity contribution in [3.8, 4) is 23.1 Å². The van der Waals surface area contributed by atoms with Crippen LogP contribution in [0.2, 0.25) is 0 Å². The topological polar surface area (TPSA) is 36.3 Å². The molecule has 0 fully saturated rings. The van der Waals surface area contributed by atoms with Crippen molar-refractivity contribution in [3.63, 3.8) is 0 Å². The SMILES string of the molecule is [Pt+2].[c-]1c(Oc2[c-]c3c(cc2)c2ccccc2n3-c2ccccn2)cccc1B1Oc2ccccc2S1. The smallest absolute Gasteiger partial charge is 0.547 e. The van der Waals surface area contributed by atoms with Crippen LogP contribution in [0, 0.1) is 12.1 Å². The van der Waals surface area contributed by atoms with E-state index in [1.165, 1.54) is 0 Å². The summed E-state index contributed by atoms with van der Waals surface area (Å²) in [6.45, 7) is 0.